The standard InChI is InChI=1S/C14H13NO5/c16-13(17)4-3-11-14(15-8-20-11)9-1-2-10-12(7-9)19-6-5-18-10/h1-2,7-8H,3-6H2,(H,16,17). The van der Waals surface area contributed by atoms with Gasteiger partial charge in [0.2, 0.25) is 0 Å². The summed E-state index contributed by atoms with van der Waals surface area (Å²) in [7, 11) is 0. The highest BCUT2D eigenvalue weighted by molar-refractivity contribution is 5.69. The van der Waals surface area contributed by atoms with Crippen molar-refractivity contribution in [3.05, 3.63) is 30.4 Å². The molecule has 2 heterocycles. The zero-order chi connectivity index (χ0) is 13.9. The first-order chi connectivity index (χ1) is 9.74. The van der Waals surface area contributed by atoms with Crippen molar-refractivity contribution in [2.75, 3.05) is 13.2 Å². The van der Waals surface area contributed by atoms with Crippen molar-refractivity contribution < 1.29 is 23.8 Å². The number of ether oxygens (including phenoxy) is 2. The van der Waals surface area contributed by atoms with Crippen LogP contribution in [-0.4, -0.2) is 29.3 Å². The summed E-state index contributed by atoms with van der Waals surface area (Å²) >= 11 is 0. The van der Waals surface area contributed by atoms with Crippen molar-refractivity contribution in [3.63, 3.8) is 0 Å². The molecule has 6 heteroatoms. The number of fused-ring (bicyclic) bond motifs is 1. The smallest absolute Gasteiger partial charge is 0.303 e. The monoisotopic (exact) mass is 275 g/mol. The van der Waals surface area contributed by atoms with Crippen molar-refractivity contribution in [2.24, 2.45) is 0 Å². The van der Waals surface area contributed by atoms with Gasteiger partial charge in [-0.2, -0.15) is 0 Å². The molecular weight excluding hydrogens is 262 g/mol. The Kier molecular flexibility index (Phi) is 3.28. The summed E-state index contributed by atoms with van der Waals surface area (Å²) in [6, 6.07) is 5.51. The van der Waals surface area contributed by atoms with Crippen LogP contribution in [0.3, 0.4) is 0 Å². The average Bonchev–Trinajstić information content (AvgIpc) is 2.93. The number of rotatable bonds is 4. The second kappa shape index (κ2) is 5.24. The third-order valence-corrected chi connectivity index (χ3v) is 3.02. The minimum atomic E-state index is -0.866. The maximum absolute atomic E-state index is 10.6. The zero-order valence-electron chi connectivity index (χ0n) is 10.7. The van der Waals surface area contributed by atoms with Crippen LogP contribution >= 0.6 is 0 Å². The fraction of sp³-hybridized carbons (Fsp3) is 0.286. The van der Waals surface area contributed by atoms with Gasteiger partial charge in [-0.15, -0.1) is 0 Å². The molecular formula is C14H13NO5. The van der Waals surface area contributed by atoms with E-state index in [9.17, 15) is 4.79 Å². The van der Waals surface area contributed by atoms with Gasteiger partial charge in [-0.05, 0) is 18.2 Å². The molecule has 0 saturated heterocycles. The molecule has 0 amide bonds. The second-order valence-electron chi connectivity index (χ2n) is 4.38. The molecule has 0 atom stereocenters. The van der Waals surface area contributed by atoms with Gasteiger partial charge in [0.15, 0.2) is 17.9 Å². The van der Waals surface area contributed by atoms with Crippen LogP contribution in [0.25, 0.3) is 11.3 Å². The minimum Gasteiger partial charge on any atom is -0.486 e. The number of carboxylic acid groups (broad SMARTS) is 1. The molecule has 20 heavy (non-hydrogen) atoms. The Bertz CT molecular complexity index is 634. The van der Waals surface area contributed by atoms with Gasteiger partial charge >= 0.3 is 5.97 Å². The number of benzene rings is 1. The van der Waals surface area contributed by atoms with E-state index in [0.717, 1.165) is 5.56 Å². The molecule has 1 aromatic heterocycles. The van der Waals surface area contributed by atoms with Gasteiger partial charge < -0.3 is 19.0 Å². The molecule has 1 N–H and O–H groups in total. The van der Waals surface area contributed by atoms with E-state index in [0.29, 0.717) is 42.6 Å². The summed E-state index contributed by atoms with van der Waals surface area (Å²) in [4.78, 5) is 14.8. The Labute approximate surface area is 115 Å². The van der Waals surface area contributed by atoms with E-state index in [4.69, 9.17) is 19.0 Å². The quantitative estimate of drug-likeness (QED) is 0.920. The number of aromatic nitrogens is 1. The molecule has 6 nitrogen and oxygen atoms in total. The Balaban J connectivity index is 1.89. The van der Waals surface area contributed by atoms with Crippen molar-refractivity contribution in [3.8, 4) is 22.8 Å². The van der Waals surface area contributed by atoms with E-state index in [2.05, 4.69) is 4.98 Å². The van der Waals surface area contributed by atoms with Gasteiger partial charge in [0, 0.05) is 12.0 Å². The largest absolute Gasteiger partial charge is 0.486 e. The first-order valence-electron chi connectivity index (χ1n) is 6.28. The van der Waals surface area contributed by atoms with Gasteiger partial charge in [0.25, 0.3) is 0 Å². The lowest BCUT2D eigenvalue weighted by atomic mass is 10.1. The minimum absolute atomic E-state index is 0.00669. The normalized spacial score (nSPS) is 13.2. The molecule has 0 fully saturated rings. The number of nitrogens with zero attached hydrogens (tertiary/aromatic N) is 1. The Morgan fingerprint density at radius 3 is 2.85 bits per heavy atom. The molecule has 0 aliphatic carbocycles. The van der Waals surface area contributed by atoms with Crippen molar-refractivity contribution in [2.45, 2.75) is 12.8 Å². The van der Waals surface area contributed by atoms with E-state index < -0.39 is 5.97 Å². The molecule has 0 saturated carbocycles. The summed E-state index contributed by atoms with van der Waals surface area (Å²) in [6.07, 6.45) is 1.63. The SMILES string of the molecule is O=C(O)CCc1ocnc1-c1ccc2c(c1)OCCO2. The van der Waals surface area contributed by atoms with Crippen LogP contribution in [0, 0.1) is 0 Å². The molecule has 0 bridgehead atoms. The molecule has 1 aromatic carbocycles. The van der Waals surface area contributed by atoms with E-state index in [1.54, 1.807) is 0 Å². The van der Waals surface area contributed by atoms with Gasteiger partial charge in [0.1, 0.15) is 24.7 Å². The van der Waals surface area contributed by atoms with E-state index in [1.807, 2.05) is 18.2 Å². The number of carboxylic acids is 1. The van der Waals surface area contributed by atoms with Gasteiger partial charge in [0.05, 0.1) is 6.42 Å². The van der Waals surface area contributed by atoms with Gasteiger partial charge in [-0.25, -0.2) is 4.98 Å². The van der Waals surface area contributed by atoms with E-state index in [1.165, 1.54) is 6.39 Å². The Morgan fingerprint density at radius 2 is 2.05 bits per heavy atom. The lowest BCUT2D eigenvalue weighted by Crippen LogP contribution is -2.15. The predicted octanol–water partition coefficient (Wildman–Crippen LogP) is 2.13. The molecule has 3 rings (SSSR count). The predicted molar refractivity (Wildman–Crippen MR) is 68.9 cm³/mol. The maximum Gasteiger partial charge on any atom is 0.303 e. The number of aliphatic carboxylic acids is 1. The lowest BCUT2D eigenvalue weighted by molar-refractivity contribution is -0.137. The number of hydrogen-bond donors (Lipinski definition) is 1. The van der Waals surface area contributed by atoms with Crippen LogP contribution in [0.2, 0.25) is 0 Å². The molecule has 0 unspecified atom stereocenters. The third-order valence-electron chi connectivity index (χ3n) is 3.02. The number of oxazole rings is 1. The summed E-state index contributed by atoms with van der Waals surface area (Å²) in [5.74, 6) is 1.06. The molecule has 104 valence electrons. The van der Waals surface area contributed by atoms with Crippen molar-refractivity contribution in [1.29, 1.82) is 0 Å². The van der Waals surface area contributed by atoms with Crippen LogP contribution in [0.4, 0.5) is 0 Å². The topological polar surface area (TPSA) is 81.8 Å². The lowest BCUT2D eigenvalue weighted by Gasteiger charge is -2.18. The van der Waals surface area contributed by atoms with Crippen molar-refractivity contribution in [1.82, 2.24) is 4.98 Å². The van der Waals surface area contributed by atoms with Crippen molar-refractivity contribution >= 4 is 5.97 Å². The van der Waals surface area contributed by atoms with Crippen LogP contribution in [0.1, 0.15) is 12.2 Å². The number of carbonyl (C=O) groups is 1. The average molecular weight is 275 g/mol. The molecule has 2 aromatic rings. The van der Waals surface area contributed by atoms with E-state index in [-0.39, 0.29) is 6.42 Å². The second-order valence-corrected chi connectivity index (χ2v) is 4.38. The number of aryl methyl sites for hydroxylation is 1. The summed E-state index contributed by atoms with van der Waals surface area (Å²) in [5, 5.41) is 8.73. The first-order valence-corrected chi connectivity index (χ1v) is 6.28. The molecule has 1 aliphatic rings. The Hall–Kier alpha value is -2.50. The molecule has 1 aliphatic heterocycles. The highest BCUT2D eigenvalue weighted by atomic mass is 16.6. The summed E-state index contributed by atoms with van der Waals surface area (Å²) in [6.45, 7) is 1.06. The summed E-state index contributed by atoms with van der Waals surface area (Å²) < 4.78 is 16.2. The number of hydrogen-bond acceptors (Lipinski definition) is 5. The van der Waals surface area contributed by atoms with Crippen LogP contribution in [0.15, 0.2) is 29.0 Å². The molecule has 0 spiro atoms. The third kappa shape index (κ3) is 2.45. The Morgan fingerprint density at radius 1 is 1.25 bits per heavy atom. The maximum atomic E-state index is 10.6. The summed E-state index contributed by atoms with van der Waals surface area (Å²) in [5.41, 5.74) is 1.46. The molecule has 0 radical (unpaired) electrons. The van der Waals surface area contributed by atoms with Gasteiger partial charge in [-0.3, -0.25) is 4.79 Å². The highest BCUT2D eigenvalue weighted by Gasteiger charge is 2.16. The van der Waals surface area contributed by atoms with Crippen LogP contribution in [0.5, 0.6) is 11.5 Å². The highest BCUT2D eigenvalue weighted by Crippen LogP contribution is 2.35. The van der Waals surface area contributed by atoms with Crippen LogP contribution < -0.4 is 9.47 Å². The van der Waals surface area contributed by atoms with E-state index >= 15 is 0 Å². The zero-order valence-corrected chi connectivity index (χ0v) is 10.7. The first kappa shape index (κ1) is 12.5. The fourth-order valence-electron chi connectivity index (χ4n) is 2.09. The fourth-order valence-corrected chi connectivity index (χ4v) is 2.09. The van der Waals surface area contributed by atoms with Gasteiger partial charge in [-0.1, -0.05) is 0 Å². The van der Waals surface area contributed by atoms with Crippen LogP contribution in [-0.2, 0) is 11.2 Å².